The molecule has 6 aliphatic heterocycles. The standard InChI is InChI=1S/C51H62N10O8.C35H48N8O4.C16H16N2O5/c52-47-45-46(36-11-18-40(19-12-36)69-39-7-2-1-3-8-39)57-61(48(45)56-34-55-47)38-16-14-37(15-17-38)59-25-23-58(24-26-59)27-29-67-31-33-68-32-30-66-28-22-53-43(62)20-13-35-6-4-9-41-44(35)51(65)60(50(41)64)42-10-5-21-54-49(42)63;36-14-20-44-22-24-46-25-23-45-21-19-41-15-17-42(18-16-41)28-8-10-29(11-9-28)43-35-32(34(37)38-26-39-35)33(40-43)27-6-12-31(13-7-27)47-30-4-2-1-3-5-30;19-12(20)7-6-9-3-1-4-10-13(9)16(23)18(15(10)22)11-5-2-8-17-14(11)21/h1-4,6-9,11-12,18-19,34,37-38,42H,5,10,13-17,20-33H2,(H,53,62)(H,54,63)(H2,52,55,56);1-7,12-13,26,28-29H,8-11,14-25,36H2,(H2,37,38,39);1,3-4,11H,2,5-8H2,(H,17,21)(H,19,20). The third-order valence-corrected chi connectivity index (χ3v) is 27.0. The molecule has 139 heavy (non-hydrogen) atoms. The Morgan fingerprint density at radius 2 is 0.791 bits per heavy atom. The van der Waals surface area contributed by atoms with E-state index in [2.05, 4.69) is 64.8 Å². The van der Waals surface area contributed by atoms with Gasteiger partial charge < -0.3 is 76.2 Å². The van der Waals surface area contributed by atoms with Crippen molar-refractivity contribution in [1.29, 1.82) is 0 Å². The average Bonchev–Trinajstić information content (AvgIpc) is 1.64. The fraction of sp³-hybridized carbons (Fsp3) is 0.471. The maximum absolute atomic E-state index is 13.3. The number of aromatic nitrogens is 8. The number of hydrogen-bond acceptors (Lipinski definition) is 29. The minimum atomic E-state index is -0.970. The van der Waals surface area contributed by atoms with E-state index in [0.717, 1.165) is 201 Å². The first-order valence-corrected chi connectivity index (χ1v) is 48.8. The summed E-state index contributed by atoms with van der Waals surface area (Å²) in [5.41, 5.74) is 25.6. The molecule has 0 bridgehead atoms. The van der Waals surface area contributed by atoms with Gasteiger partial charge in [0.25, 0.3) is 23.6 Å². The first kappa shape index (κ1) is 99.4. The van der Waals surface area contributed by atoms with Gasteiger partial charge in [0.2, 0.25) is 17.7 Å². The molecular formula is C102H126N20O17. The zero-order valence-electron chi connectivity index (χ0n) is 78.6. The topological polar surface area (TPSA) is 451 Å². The zero-order chi connectivity index (χ0) is 96.4. The molecule has 37 nitrogen and oxygen atoms in total. The maximum Gasteiger partial charge on any atom is 0.303 e. The second-order valence-corrected chi connectivity index (χ2v) is 35.8. The third kappa shape index (κ3) is 25.3. The van der Waals surface area contributed by atoms with Crippen LogP contribution in [0.2, 0.25) is 0 Å². The number of anilines is 2. The highest BCUT2D eigenvalue weighted by Gasteiger charge is 2.47. The monoisotopic (exact) mass is 1900 g/mol. The molecule has 10 aromatic rings. The number of hydrogen-bond donors (Lipinski definition) is 7. The molecule has 10 heterocycles. The predicted molar refractivity (Wildman–Crippen MR) is 519 cm³/mol. The van der Waals surface area contributed by atoms with Gasteiger partial charge in [-0.1, -0.05) is 60.7 Å². The quantitative estimate of drug-likeness (QED) is 0.0139. The summed E-state index contributed by atoms with van der Waals surface area (Å²) in [6, 6.07) is 45.4. The van der Waals surface area contributed by atoms with Crippen LogP contribution in [0.3, 0.4) is 0 Å². The van der Waals surface area contributed by atoms with Crippen molar-refractivity contribution in [2.24, 2.45) is 5.73 Å². The molecule has 4 aromatic heterocycles. The van der Waals surface area contributed by atoms with Gasteiger partial charge in [-0.3, -0.25) is 67.8 Å². The van der Waals surface area contributed by atoms with E-state index in [9.17, 15) is 38.4 Å². The molecule has 0 radical (unpaired) electrons. The Bertz CT molecular complexity index is 5810. The van der Waals surface area contributed by atoms with Crippen LogP contribution >= 0.6 is 0 Å². The molecule has 4 saturated heterocycles. The lowest BCUT2D eigenvalue weighted by molar-refractivity contribution is -0.137. The minimum absolute atomic E-state index is 0.123. The summed E-state index contributed by atoms with van der Waals surface area (Å²) in [7, 11) is 0. The summed E-state index contributed by atoms with van der Waals surface area (Å²) in [5.74, 6) is 0.281. The largest absolute Gasteiger partial charge is 0.481 e. The number of benzene rings is 6. The average molecular weight is 1900 g/mol. The van der Waals surface area contributed by atoms with E-state index in [-0.39, 0.29) is 71.3 Å². The predicted octanol–water partition coefficient (Wildman–Crippen LogP) is 9.20. The molecule has 8 aliphatic rings. The SMILES string of the molecule is NCCOCCOCCOCCN1CCN(C2CCC(n3nc(-c4ccc(Oc5ccccc5)cc4)c4c(N)ncnc43)CC2)CC1.Nc1ncnc2c1c(-c1ccc(Oc3ccccc3)cc1)nn2C1CCC(N2CCN(CCOCCOCCOCCNC(=O)CCc3cccc4c3C(=O)N(C3CCCNC3=O)C4=O)CC2)CC1.O=C(O)CCc1cccc2c1C(=O)N(C1CCCNC1=O)C2=O. The molecule has 2 unspecified atom stereocenters. The lowest BCUT2D eigenvalue weighted by Gasteiger charge is -2.42. The number of ether oxygens (including phenoxy) is 8. The summed E-state index contributed by atoms with van der Waals surface area (Å²) in [4.78, 5) is 130. The molecule has 7 amide bonds. The molecule has 2 aliphatic carbocycles. The molecule has 2 atom stereocenters. The van der Waals surface area contributed by atoms with E-state index in [1.165, 1.54) is 6.33 Å². The minimum Gasteiger partial charge on any atom is -0.481 e. The van der Waals surface area contributed by atoms with E-state index < -0.39 is 41.7 Å². The number of amides is 7. The van der Waals surface area contributed by atoms with Crippen LogP contribution in [0, 0.1) is 0 Å². The van der Waals surface area contributed by atoms with Crippen LogP contribution in [-0.4, -0.2) is 316 Å². The highest BCUT2D eigenvalue weighted by Crippen LogP contribution is 2.42. The number of piperidine rings is 2. The number of carboxylic acids is 1. The number of carbonyl (C=O) groups excluding carboxylic acids is 7. The molecular weight excluding hydrogens is 1780 g/mol. The Morgan fingerprint density at radius 1 is 0.410 bits per heavy atom. The second-order valence-electron chi connectivity index (χ2n) is 35.8. The highest BCUT2D eigenvalue weighted by atomic mass is 16.6. The number of aliphatic carboxylic acids is 1. The number of nitrogens with two attached hydrogens (primary N) is 3. The molecule has 10 N–H and O–H groups in total. The number of nitrogens with one attached hydrogen (secondary N) is 3. The molecule has 37 heteroatoms. The van der Waals surface area contributed by atoms with Gasteiger partial charge in [-0.2, -0.15) is 10.2 Å². The van der Waals surface area contributed by atoms with Crippen molar-refractivity contribution in [3.05, 3.63) is 192 Å². The van der Waals surface area contributed by atoms with Crippen LogP contribution < -0.4 is 42.6 Å². The van der Waals surface area contributed by atoms with Crippen LogP contribution in [0.25, 0.3) is 44.6 Å². The number of nitrogen functional groups attached to an aromatic ring is 2. The van der Waals surface area contributed by atoms with Gasteiger partial charge in [0.05, 0.1) is 124 Å². The van der Waals surface area contributed by atoms with Gasteiger partial charge in [0, 0.05) is 128 Å². The van der Waals surface area contributed by atoms with Crippen molar-refractivity contribution >= 4 is 81.0 Å². The van der Waals surface area contributed by atoms with Gasteiger partial charge in [-0.15, -0.1) is 0 Å². The fourth-order valence-electron chi connectivity index (χ4n) is 19.7. The smallest absolute Gasteiger partial charge is 0.303 e. The number of imide groups is 2. The van der Waals surface area contributed by atoms with E-state index in [1.807, 2.05) is 109 Å². The first-order chi connectivity index (χ1) is 68.0. The number of carboxylic acid groups (broad SMARTS) is 1. The summed E-state index contributed by atoms with van der Waals surface area (Å²) in [5, 5.41) is 28.9. The van der Waals surface area contributed by atoms with Gasteiger partial charge in [-0.05, 0) is 186 Å². The van der Waals surface area contributed by atoms with Gasteiger partial charge in [0.15, 0.2) is 11.3 Å². The Kier molecular flexibility index (Phi) is 35.2. The Hall–Kier alpha value is -12.7. The molecule has 18 rings (SSSR count). The van der Waals surface area contributed by atoms with Crippen LogP contribution in [0.4, 0.5) is 11.6 Å². The first-order valence-electron chi connectivity index (χ1n) is 48.8. The number of rotatable bonds is 41. The normalized spacial score (nSPS) is 19.9. The molecule has 6 fully saturated rings. The van der Waals surface area contributed by atoms with Crippen LogP contribution in [0.5, 0.6) is 23.0 Å². The van der Waals surface area contributed by atoms with E-state index in [0.29, 0.717) is 166 Å². The van der Waals surface area contributed by atoms with E-state index in [4.69, 9.17) is 70.4 Å². The molecule has 736 valence electrons. The third-order valence-electron chi connectivity index (χ3n) is 27.0. The van der Waals surface area contributed by atoms with Crippen molar-refractivity contribution in [2.45, 2.75) is 139 Å². The second kappa shape index (κ2) is 49.3. The lowest BCUT2D eigenvalue weighted by Crippen LogP contribution is -2.52. The Labute approximate surface area is 807 Å². The summed E-state index contributed by atoms with van der Waals surface area (Å²) in [6.45, 7) is 18.8. The van der Waals surface area contributed by atoms with Crippen molar-refractivity contribution < 1.29 is 81.4 Å². The highest BCUT2D eigenvalue weighted by molar-refractivity contribution is 6.24. The Morgan fingerprint density at radius 3 is 1.19 bits per heavy atom. The van der Waals surface area contributed by atoms with Crippen molar-refractivity contribution in [3.8, 4) is 45.5 Å². The maximum atomic E-state index is 13.3. The van der Waals surface area contributed by atoms with Gasteiger partial charge in [-0.25, -0.2) is 29.3 Å². The van der Waals surface area contributed by atoms with Crippen LogP contribution in [0.1, 0.15) is 155 Å². The van der Waals surface area contributed by atoms with Crippen molar-refractivity contribution in [2.75, 3.05) is 182 Å². The van der Waals surface area contributed by atoms with E-state index >= 15 is 0 Å². The van der Waals surface area contributed by atoms with Crippen LogP contribution in [-0.2, 0) is 60.4 Å². The number of piperazine rings is 2. The van der Waals surface area contributed by atoms with Gasteiger partial charge >= 0.3 is 5.97 Å². The number of carbonyl (C=O) groups is 8. The van der Waals surface area contributed by atoms with Gasteiger partial charge in [0.1, 0.15) is 70.8 Å². The summed E-state index contributed by atoms with van der Waals surface area (Å²) < 4.78 is 50.0. The molecule has 2 saturated carbocycles. The fourth-order valence-corrected chi connectivity index (χ4v) is 19.7. The Balaban J connectivity index is 0.000000170. The number of aryl methyl sites for hydroxylation is 2. The number of para-hydroxylation sites is 2. The van der Waals surface area contributed by atoms with Crippen molar-refractivity contribution in [3.63, 3.8) is 0 Å². The number of fused-ring (bicyclic) bond motifs is 4. The molecule has 0 spiro atoms. The summed E-state index contributed by atoms with van der Waals surface area (Å²) in [6.07, 6.45) is 14.5. The van der Waals surface area contributed by atoms with E-state index in [1.54, 1.807) is 42.7 Å². The van der Waals surface area contributed by atoms with Crippen LogP contribution in [0.15, 0.2) is 158 Å². The lowest BCUT2D eigenvalue weighted by atomic mass is 9.90. The molecule has 6 aromatic carbocycles. The number of nitrogens with zero attached hydrogens (tertiary/aromatic N) is 14. The summed E-state index contributed by atoms with van der Waals surface area (Å²) >= 11 is 0. The zero-order valence-corrected chi connectivity index (χ0v) is 78.6. The van der Waals surface area contributed by atoms with Crippen molar-refractivity contribution in [1.82, 2.24) is 84.8 Å².